The summed E-state index contributed by atoms with van der Waals surface area (Å²) in [6.45, 7) is 4.15. The van der Waals surface area contributed by atoms with Crippen molar-refractivity contribution in [1.82, 2.24) is 0 Å². The van der Waals surface area contributed by atoms with Gasteiger partial charge in [-0.1, -0.05) is 56.5 Å². The van der Waals surface area contributed by atoms with Gasteiger partial charge in [-0.25, -0.2) is 4.79 Å². The van der Waals surface area contributed by atoms with Gasteiger partial charge in [0.25, 0.3) is 0 Å². The molecule has 0 bridgehead atoms. The summed E-state index contributed by atoms with van der Waals surface area (Å²) in [6, 6.07) is 9.76. The van der Waals surface area contributed by atoms with Gasteiger partial charge >= 0.3 is 5.97 Å². The minimum atomic E-state index is -0.258. The number of ether oxygens (including phenoxy) is 1. The van der Waals surface area contributed by atoms with E-state index < -0.39 is 0 Å². The third-order valence-corrected chi connectivity index (χ3v) is 2.99. The van der Waals surface area contributed by atoms with Crippen molar-refractivity contribution < 1.29 is 9.53 Å². The van der Waals surface area contributed by atoms with Crippen LogP contribution in [0.15, 0.2) is 36.4 Å². The molecule has 2 heteroatoms. The molecule has 0 spiro atoms. The number of rotatable bonds is 8. The highest BCUT2D eigenvalue weighted by Crippen LogP contribution is 2.08. The molecule has 0 aliphatic rings. The molecular weight excluding hydrogens is 236 g/mol. The van der Waals surface area contributed by atoms with Crippen LogP contribution in [0.1, 0.15) is 51.5 Å². The lowest BCUT2D eigenvalue weighted by atomic mass is 10.1. The first-order valence-corrected chi connectivity index (χ1v) is 7.16. The van der Waals surface area contributed by atoms with Crippen LogP contribution >= 0.6 is 0 Å². The maximum absolute atomic E-state index is 11.6. The molecule has 0 aliphatic heterocycles. The summed E-state index contributed by atoms with van der Waals surface area (Å²) >= 11 is 0. The van der Waals surface area contributed by atoms with E-state index in [1.54, 1.807) is 6.08 Å². The van der Waals surface area contributed by atoms with Gasteiger partial charge in [-0.15, -0.1) is 0 Å². The van der Waals surface area contributed by atoms with Crippen molar-refractivity contribution in [3.63, 3.8) is 0 Å². The van der Waals surface area contributed by atoms with E-state index in [1.165, 1.54) is 25.3 Å². The lowest BCUT2D eigenvalue weighted by Crippen LogP contribution is -2.12. The largest absolute Gasteiger partial charge is 0.460 e. The average Bonchev–Trinajstić information content (AvgIpc) is 2.42. The van der Waals surface area contributed by atoms with Gasteiger partial charge in [0.1, 0.15) is 0 Å². The molecule has 1 atom stereocenters. The summed E-state index contributed by atoms with van der Waals surface area (Å²) in [4.78, 5) is 11.6. The van der Waals surface area contributed by atoms with E-state index in [2.05, 4.69) is 6.92 Å². The van der Waals surface area contributed by atoms with Crippen LogP contribution in [-0.4, -0.2) is 12.1 Å². The van der Waals surface area contributed by atoms with Gasteiger partial charge in [-0.2, -0.15) is 0 Å². The van der Waals surface area contributed by atoms with Crippen LogP contribution in [0.5, 0.6) is 0 Å². The van der Waals surface area contributed by atoms with Crippen LogP contribution in [-0.2, 0) is 9.53 Å². The van der Waals surface area contributed by atoms with Gasteiger partial charge in [0.15, 0.2) is 0 Å². The Morgan fingerprint density at radius 1 is 1.21 bits per heavy atom. The highest BCUT2D eigenvalue weighted by Gasteiger charge is 2.06. The molecule has 0 N–H and O–H groups in total. The Labute approximate surface area is 116 Å². The van der Waals surface area contributed by atoms with Crippen LogP contribution in [0.4, 0.5) is 0 Å². The maximum atomic E-state index is 11.6. The first kappa shape index (κ1) is 15.5. The molecule has 0 saturated carbocycles. The average molecular weight is 260 g/mol. The van der Waals surface area contributed by atoms with E-state index in [1.807, 2.05) is 37.3 Å². The molecule has 0 aromatic heterocycles. The van der Waals surface area contributed by atoms with E-state index in [0.29, 0.717) is 0 Å². The zero-order chi connectivity index (χ0) is 13.9. The molecule has 0 radical (unpaired) electrons. The molecule has 1 aromatic rings. The fourth-order valence-corrected chi connectivity index (χ4v) is 1.88. The Morgan fingerprint density at radius 2 is 1.95 bits per heavy atom. The Morgan fingerprint density at radius 3 is 2.63 bits per heavy atom. The molecular formula is C17H24O2. The van der Waals surface area contributed by atoms with E-state index in [9.17, 15) is 4.79 Å². The summed E-state index contributed by atoms with van der Waals surface area (Å²) in [5.74, 6) is -0.258. The second-order valence-corrected chi connectivity index (χ2v) is 4.84. The van der Waals surface area contributed by atoms with Crippen LogP contribution in [0.3, 0.4) is 0 Å². The topological polar surface area (TPSA) is 26.3 Å². The quantitative estimate of drug-likeness (QED) is 0.388. The fraction of sp³-hybridized carbons (Fsp3) is 0.471. The van der Waals surface area contributed by atoms with Crippen LogP contribution < -0.4 is 0 Å². The van der Waals surface area contributed by atoms with E-state index in [4.69, 9.17) is 4.74 Å². The van der Waals surface area contributed by atoms with E-state index in [-0.39, 0.29) is 12.1 Å². The van der Waals surface area contributed by atoms with Crippen LogP contribution in [0.25, 0.3) is 6.08 Å². The highest BCUT2D eigenvalue weighted by atomic mass is 16.5. The molecule has 0 amide bonds. The molecule has 0 fully saturated rings. The lowest BCUT2D eigenvalue weighted by molar-refractivity contribution is -0.142. The third-order valence-electron chi connectivity index (χ3n) is 2.99. The van der Waals surface area contributed by atoms with Gasteiger partial charge in [-0.05, 0) is 31.4 Å². The van der Waals surface area contributed by atoms with Crippen molar-refractivity contribution >= 4 is 12.0 Å². The highest BCUT2D eigenvalue weighted by molar-refractivity contribution is 5.87. The van der Waals surface area contributed by atoms with Gasteiger partial charge in [-0.3, -0.25) is 0 Å². The van der Waals surface area contributed by atoms with E-state index >= 15 is 0 Å². The predicted octanol–water partition coefficient (Wildman–Crippen LogP) is 4.60. The number of hydrogen-bond donors (Lipinski definition) is 0. The summed E-state index contributed by atoms with van der Waals surface area (Å²) < 4.78 is 5.33. The number of hydrogen-bond acceptors (Lipinski definition) is 2. The number of carbonyl (C=O) groups excluding carboxylic acids is 1. The molecule has 1 rings (SSSR count). The number of carbonyl (C=O) groups is 1. The summed E-state index contributed by atoms with van der Waals surface area (Å²) in [7, 11) is 0. The Kier molecular flexibility index (Phi) is 7.64. The third kappa shape index (κ3) is 7.45. The lowest BCUT2D eigenvalue weighted by Gasteiger charge is -2.11. The van der Waals surface area contributed by atoms with Crippen molar-refractivity contribution in [2.75, 3.05) is 0 Å². The molecule has 0 unspecified atom stereocenters. The molecule has 2 nitrogen and oxygen atoms in total. The zero-order valence-electron chi connectivity index (χ0n) is 12.0. The number of unbranched alkanes of at least 4 members (excludes halogenated alkanes) is 3. The Bertz CT molecular complexity index is 382. The van der Waals surface area contributed by atoms with E-state index in [0.717, 1.165) is 18.4 Å². The standard InChI is InChI=1S/C17H24O2/c1-3-4-5-7-10-15(2)19-17(18)14-13-16-11-8-6-9-12-16/h6,8-9,11-15H,3-5,7,10H2,1-2H3/b14-13-/t15-/m1/s1. The zero-order valence-corrected chi connectivity index (χ0v) is 12.0. The van der Waals surface area contributed by atoms with Crippen LogP contribution in [0.2, 0.25) is 0 Å². The van der Waals surface area contributed by atoms with Crippen molar-refractivity contribution in [2.45, 2.75) is 52.1 Å². The SMILES string of the molecule is CCCCCC[C@@H](C)OC(=O)/C=C\c1ccccc1. The molecule has 1 aromatic carbocycles. The molecule has 19 heavy (non-hydrogen) atoms. The number of esters is 1. The van der Waals surface area contributed by atoms with Crippen LogP contribution in [0, 0.1) is 0 Å². The predicted molar refractivity (Wildman–Crippen MR) is 79.8 cm³/mol. The summed E-state index contributed by atoms with van der Waals surface area (Å²) in [5, 5.41) is 0. The summed E-state index contributed by atoms with van der Waals surface area (Å²) in [6.07, 6.45) is 9.07. The molecule has 0 heterocycles. The van der Waals surface area contributed by atoms with Crippen molar-refractivity contribution in [1.29, 1.82) is 0 Å². The number of benzene rings is 1. The Hall–Kier alpha value is -1.57. The first-order valence-electron chi connectivity index (χ1n) is 7.16. The monoisotopic (exact) mass is 260 g/mol. The molecule has 104 valence electrons. The van der Waals surface area contributed by atoms with Gasteiger partial charge in [0.2, 0.25) is 0 Å². The minimum Gasteiger partial charge on any atom is -0.460 e. The smallest absolute Gasteiger partial charge is 0.331 e. The summed E-state index contributed by atoms with van der Waals surface area (Å²) in [5.41, 5.74) is 1.01. The van der Waals surface area contributed by atoms with Crippen molar-refractivity contribution in [3.05, 3.63) is 42.0 Å². The van der Waals surface area contributed by atoms with Gasteiger partial charge in [0, 0.05) is 6.08 Å². The second kappa shape index (κ2) is 9.37. The molecule has 0 aliphatic carbocycles. The van der Waals surface area contributed by atoms with Crippen molar-refractivity contribution in [2.24, 2.45) is 0 Å². The fourth-order valence-electron chi connectivity index (χ4n) is 1.88. The first-order chi connectivity index (χ1) is 9.22. The molecule has 0 saturated heterocycles. The second-order valence-electron chi connectivity index (χ2n) is 4.84. The Balaban J connectivity index is 2.25. The van der Waals surface area contributed by atoms with Gasteiger partial charge in [0.05, 0.1) is 6.10 Å². The van der Waals surface area contributed by atoms with Crippen molar-refractivity contribution in [3.8, 4) is 0 Å². The normalized spacial score (nSPS) is 12.5. The minimum absolute atomic E-state index is 0.00443. The van der Waals surface area contributed by atoms with Gasteiger partial charge < -0.3 is 4.74 Å². The maximum Gasteiger partial charge on any atom is 0.331 e.